The quantitative estimate of drug-likeness (QED) is 0.223. The van der Waals surface area contributed by atoms with E-state index in [1.807, 2.05) is 6.07 Å². The topological polar surface area (TPSA) is 156 Å². The summed E-state index contributed by atoms with van der Waals surface area (Å²) in [4.78, 5) is 11.7. The molecule has 4 rings (SSSR count). The van der Waals surface area contributed by atoms with Crippen LogP contribution in [-0.2, 0) is 25.9 Å². The second kappa shape index (κ2) is 13.6. The molecule has 10 nitrogen and oxygen atoms in total. The highest BCUT2D eigenvalue weighted by atomic mass is 32.2. The van der Waals surface area contributed by atoms with Crippen molar-refractivity contribution >= 4 is 33.3 Å². The van der Waals surface area contributed by atoms with Gasteiger partial charge in [-0.2, -0.15) is 0 Å². The Labute approximate surface area is 244 Å². The van der Waals surface area contributed by atoms with Crippen molar-refractivity contribution in [1.82, 2.24) is 15.0 Å². The Morgan fingerprint density at radius 3 is 2.67 bits per heavy atom. The minimum absolute atomic E-state index is 0.0397. The van der Waals surface area contributed by atoms with Crippen molar-refractivity contribution in [3.05, 3.63) is 76.9 Å². The molecule has 0 saturated heterocycles. The summed E-state index contributed by atoms with van der Waals surface area (Å²) < 4.78 is 62.7. The first-order chi connectivity index (χ1) is 19.9. The fraction of sp³-hybridized carbons (Fsp3) is 0.414. The molecular formula is C29H36F2N6O4S. The van der Waals surface area contributed by atoms with E-state index in [4.69, 9.17) is 20.6 Å². The third-order valence-electron chi connectivity index (χ3n) is 7.22. The minimum Gasteiger partial charge on any atom is -0.380 e. The molecule has 1 saturated carbocycles. The van der Waals surface area contributed by atoms with Gasteiger partial charge >= 0.3 is 0 Å². The van der Waals surface area contributed by atoms with Gasteiger partial charge < -0.3 is 30.9 Å². The van der Waals surface area contributed by atoms with Crippen LogP contribution in [-0.4, -0.2) is 67.0 Å². The van der Waals surface area contributed by atoms with Crippen LogP contribution in [0.3, 0.4) is 0 Å². The number of allylic oxidation sites excluding steroid dienone is 1. The van der Waals surface area contributed by atoms with Gasteiger partial charge in [-0.3, -0.25) is 4.98 Å². The first-order valence-electron chi connectivity index (χ1n) is 13.5. The lowest BCUT2D eigenvalue weighted by molar-refractivity contribution is -0.0152. The number of hydrogen-bond donors (Lipinski definition) is 4. The summed E-state index contributed by atoms with van der Waals surface area (Å²) >= 11 is 0. The van der Waals surface area contributed by atoms with Gasteiger partial charge in [0.25, 0.3) is 0 Å². The fourth-order valence-corrected chi connectivity index (χ4v) is 5.71. The standard InChI is InChI=1S/C29H36F2N6O4S/c1-17-10-19(13-25(33)28(17)41-8-9-42(3,38)39)21-6-7-34-15-26(21)37-29-35-14-20(36-29)4-5-24(32)27-22(30)11-18(16-40-2)12-23(27)31/h4-7,11-12,14-15,17,19,25,28,32H,8-10,13,16,33H2,1-3H3,(H2,35,36,37)/b5-4-,32-24?/t17-,19+,25+,28-/m0/s1. The summed E-state index contributed by atoms with van der Waals surface area (Å²) in [6.45, 7) is 2.24. The smallest absolute Gasteiger partial charge is 0.205 e. The number of nitrogens with zero attached hydrogens (tertiary/aromatic N) is 2. The van der Waals surface area contributed by atoms with Crippen LogP contribution in [0.1, 0.15) is 48.1 Å². The lowest BCUT2D eigenvalue weighted by Gasteiger charge is -2.39. The number of ether oxygens (including phenoxy) is 2. The van der Waals surface area contributed by atoms with Gasteiger partial charge in [0.1, 0.15) is 21.5 Å². The van der Waals surface area contributed by atoms with Crippen molar-refractivity contribution in [3.63, 3.8) is 0 Å². The van der Waals surface area contributed by atoms with Gasteiger partial charge in [0.2, 0.25) is 5.95 Å². The SMILES string of the molecule is COCc1cc(F)c(C(=N)/C=C\c2cnc(Nc3cnccc3[C@H]3C[C@@H](N)[C@@H](OCCS(C)(=O)=O)[C@@H](C)C3)[nH]2)c(F)c1. The summed E-state index contributed by atoms with van der Waals surface area (Å²) in [7, 11) is -1.68. The van der Waals surface area contributed by atoms with Gasteiger partial charge in [0.05, 0.1) is 60.1 Å². The van der Waals surface area contributed by atoms with Gasteiger partial charge in [-0.25, -0.2) is 22.2 Å². The molecule has 4 atom stereocenters. The number of nitrogens with one attached hydrogen (secondary N) is 3. The van der Waals surface area contributed by atoms with Crippen LogP contribution in [0, 0.1) is 23.0 Å². The number of sulfone groups is 1. The Balaban J connectivity index is 1.42. The van der Waals surface area contributed by atoms with Gasteiger partial charge in [0.15, 0.2) is 0 Å². The molecule has 0 aliphatic heterocycles. The number of imidazole rings is 1. The average molecular weight is 603 g/mol. The molecule has 0 bridgehead atoms. The number of methoxy groups -OCH3 is 1. The van der Waals surface area contributed by atoms with Crippen molar-refractivity contribution in [2.75, 3.05) is 31.0 Å². The van der Waals surface area contributed by atoms with Gasteiger partial charge in [-0.15, -0.1) is 0 Å². The maximum Gasteiger partial charge on any atom is 0.205 e. The average Bonchev–Trinajstić information content (AvgIpc) is 3.35. The molecular weight excluding hydrogens is 566 g/mol. The van der Waals surface area contributed by atoms with Gasteiger partial charge in [0, 0.05) is 25.6 Å². The van der Waals surface area contributed by atoms with Crippen molar-refractivity contribution < 1.29 is 26.7 Å². The number of aromatic amines is 1. The summed E-state index contributed by atoms with van der Waals surface area (Å²) in [5.41, 5.74) is 8.36. The number of pyridine rings is 1. The number of nitrogens with two attached hydrogens (primary N) is 1. The maximum atomic E-state index is 14.5. The summed E-state index contributed by atoms with van der Waals surface area (Å²) in [5, 5.41) is 11.4. The number of H-pyrrole nitrogens is 1. The van der Waals surface area contributed by atoms with E-state index in [1.54, 1.807) is 12.4 Å². The van der Waals surface area contributed by atoms with Crippen LogP contribution in [0.5, 0.6) is 0 Å². The summed E-state index contributed by atoms with van der Waals surface area (Å²) in [6, 6.07) is 3.98. The summed E-state index contributed by atoms with van der Waals surface area (Å²) in [6.07, 6.45) is 10.2. The minimum atomic E-state index is -3.11. The van der Waals surface area contributed by atoms with Crippen molar-refractivity contribution in [2.24, 2.45) is 11.7 Å². The molecule has 226 valence electrons. The van der Waals surface area contributed by atoms with E-state index >= 15 is 0 Å². The number of hydrogen-bond acceptors (Lipinski definition) is 9. The molecule has 1 fully saturated rings. The Kier molecular flexibility index (Phi) is 10.2. The molecule has 3 aromatic rings. The van der Waals surface area contributed by atoms with E-state index < -0.39 is 27.0 Å². The number of aromatic nitrogens is 3. The highest BCUT2D eigenvalue weighted by Gasteiger charge is 2.36. The molecule has 42 heavy (non-hydrogen) atoms. The normalized spacial score (nSPS) is 21.1. The molecule has 2 aromatic heterocycles. The van der Waals surface area contributed by atoms with Crippen molar-refractivity contribution in [3.8, 4) is 0 Å². The molecule has 2 heterocycles. The molecule has 0 spiro atoms. The van der Waals surface area contributed by atoms with Crippen LogP contribution in [0.15, 0.2) is 42.9 Å². The van der Waals surface area contributed by atoms with Gasteiger partial charge in [-0.1, -0.05) is 6.92 Å². The molecule has 5 N–H and O–H groups in total. The predicted molar refractivity (Wildman–Crippen MR) is 158 cm³/mol. The van der Waals surface area contributed by atoms with Crippen molar-refractivity contribution in [1.29, 1.82) is 5.41 Å². The lowest BCUT2D eigenvalue weighted by atomic mass is 9.74. The molecule has 0 radical (unpaired) electrons. The first-order valence-corrected chi connectivity index (χ1v) is 15.6. The Morgan fingerprint density at radius 1 is 1.26 bits per heavy atom. The predicted octanol–water partition coefficient (Wildman–Crippen LogP) is 4.32. The Morgan fingerprint density at radius 2 is 2.00 bits per heavy atom. The van der Waals surface area contributed by atoms with Crippen LogP contribution in [0.2, 0.25) is 0 Å². The third kappa shape index (κ3) is 8.06. The fourth-order valence-electron chi connectivity index (χ4n) is 5.31. The van der Waals surface area contributed by atoms with E-state index in [0.29, 0.717) is 23.6 Å². The molecule has 1 aromatic carbocycles. The van der Waals surface area contributed by atoms with E-state index in [9.17, 15) is 17.2 Å². The first kappa shape index (κ1) is 31.4. The monoisotopic (exact) mass is 602 g/mol. The second-order valence-electron chi connectivity index (χ2n) is 10.7. The zero-order chi connectivity index (χ0) is 30.4. The van der Waals surface area contributed by atoms with E-state index in [0.717, 1.165) is 29.8 Å². The summed E-state index contributed by atoms with van der Waals surface area (Å²) in [5.74, 6) is -1.06. The zero-order valence-electron chi connectivity index (χ0n) is 23.7. The number of halogens is 2. The van der Waals surface area contributed by atoms with Crippen LogP contribution in [0.4, 0.5) is 20.4 Å². The highest BCUT2D eigenvalue weighted by Crippen LogP contribution is 2.40. The molecule has 13 heteroatoms. The van der Waals surface area contributed by atoms with E-state index in [-0.39, 0.29) is 48.7 Å². The molecule has 0 unspecified atom stereocenters. The lowest BCUT2D eigenvalue weighted by Crippen LogP contribution is -2.47. The number of rotatable bonds is 12. The number of benzene rings is 1. The van der Waals surface area contributed by atoms with Crippen LogP contribution >= 0.6 is 0 Å². The molecule has 1 aliphatic rings. The molecule has 0 amide bonds. The highest BCUT2D eigenvalue weighted by molar-refractivity contribution is 7.90. The van der Waals surface area contributed by atoms with Crippen LogP contribution in [0.25, 0.3) is 6.08 Å². The number of anilines is 2. The zero-order valence-corrected chi connectivity index (χ0v) is 24.5. The van der Waals surface area contributed by atoms with Crippen LogP contribution < -0.4 is 11.1 Å². The van der Waals surface area contributed by atoms with E-state index in [2.05, 4.69) is 27.2 Å². The Hall–Kier alpha value is -3.52. The van der Waals surface area contributed by atoms with Crippen molar-refractivity contribution in [2.45, 2.75) is 44.4 Å². The molecule has 1 aliphatic carbocycles. The third-order valence-corrected chi connectivity index (χ3v) is 8.12. The largest absolute Gasteiger partial charge is 0.380 e. The Bertz CT molecular complexity index is 1510. The second-order valence-corrected chi connectivity index (χ2v) is 12.9. The van der Waals surface area contributed by atoms with E-state index in [1.165, 1.54) is 31.7 Å². The maximum absolute atomic E-state index is 14.5. The van der Waals surface area contributed by atoms with Gasteiger partial charge in [-0.05, 0) is 66.2 Å².